The first kappa shape index (κ1) is 37.2. The fourth-order valence-electron chi connectivity index (χ4n) is 10.5. The van der Waals surface area contributed by atoms with Crippen molar-refractivity contribution in [3.05, 3.63) is 11.6 Å². The third-order valence-corrected chi connectivity index (χ3v) is 13.1. The lowest BCUT2D eigenvalue weighted by molar-refractivity contribution is -0.134. The number of nitrogens with two attached hydrogens (primary N) is 2. The van der Waals surface area contributed by atoms with Crippen molar-refractivity contribution in [3.63, 3.8) is 0 Å². The lowest BCUT2D eigenvalue weighted by atomic mass is 9.47. The van der Waals surface area contributed by atoms with Gasteiger partial charge in [-0.05, 0) is 124 Å². The zero-order valence-electron chi connectivity index (χ0n) is 29.9. The predicted molar refractivity (Wildman–Crippen MR) is 186 cm³/mol. The zero-order valence-corrected chi connectivity index (χ0v) is 29.9. The SMILES string of the molecule is CC(C)CCCC(C)C1CCC2C3CC=C4CC(OC(=O)NC(CO)C(=O)N(CCCN)CCCCN)CCC4(C)C3CCC12C. The minimum atomic E-state index is -1.03. The molecular formula is C38H68N4O4. The second-order valence-corrected chi connectivity index (χ2v) is 16.4. The number of carbonyl (C=O) groups is 2. The summed E-state index contributed by atoms with van der Waals surface area (Å²) in [5.41, 5.74) is 13.4. The highest BCUT2D eigenvalue weighted by Crippen LogP contribution is 2.67. The number of allylic oxidation sites excluding steroid dienone is 1. The number of aliphatic hydroxyl groups excluding tert-OH is 1. The number of hydrogen-bond donors (Lipinski definition) is 4. The first-order valence-corrected chi connectivity index (χ1v) is 18.9. The van der Waals surface area contributed by atoms with Gasteiger partial charge in [-0.15, -0.1) is 0 Å². The summed E-state index contributed by atoms with van der Waals surface area (Å²) in [5.74, 6) is 4.49. The van der Waals surface area contributed by atoms with Crippen LogP contribution in [0.4, 0.5) is 4.79 Å². The summed E-state index contributed by atoms with van der Waals surface area (Å²) in [6, 6.07) is -1.03. The van der Waals surface area contributed by atoms with Gasteiger partial charge in [0, 0.05) is 19.5 Å². The molecule has 0 aliphatic heterocycles. The highest BCUT2D eigenvalue weighted by Gasteiger charge is 2.59. The van der Waals surface area contributed by atoms with Crippen molar-refractivity contribution >= 4 is 12.0 Å². The van der Waals surface area contributed by atoms with Gasteiger partial charge >= 0.3 is 6.09 Å². The molecule has 0 aromatic carbocycles. The Morgan fingerprint density at radius 3 is 2.41 bits per heavy atom. The van der Waals surface area contributed by atoms with Gasteiger partial charge in [0.05, 0.1) is 6.61 Å². The number of alkyl carbamates (subject to hydrolysis) is 1. The molecule has 0 saturated heterocycles. The Labute approximate surface area is 280 Å². The van der Waals surface area contributed by atoms with Crippen LogP contribution in [0, 0.1) is 46.3 Å². The molecule has 6 N–H and O–H groups in total. The van der Waals surface area contributed by atoms with Crippen molar-refractivity contribution in [2.45, 2.75) is 137 Å². The Morgan fingerprint density at radius 1 is 0.978 bits per heavy atom. The van der Waals surface area contributed by atoms with Crippen LogP contribution in [0.1, 0.15) is 125 Å². The molecule has 46 heavy (non-hydrogen) atoms. The molecule has 4 aliphatic carbocycles. The molecule has 8 nitrogen and oxygen atoms in total. The van der Waals surface area contributed by atoms with Gasteiger partial charge in [0.1, 0.15) is 12.1 Å². The van der Waals surface area contributed by atoms with E-state index in [-0.39, 0.29) is 17.4 Å². The van der Waals surface area contributed by atoms with E-state index in [0.717, 1.165) is 68.1 Å². The molecule has 264 valence electrons. The quantitative estimate of drug-likeness (QED) is 0.114. The van der Waals surface area contributed by atoms with Gasteiger partial charge in [-0.1, -0.05) is 65.5 Å². The fraction of sp³-hybridized carbons (Fsp3) is 0.895. The molecule has 9 atom stereocenters. The molecule has 4 aliphatic rings. The summed E-state index contributed by atoms with van der Waals surface area (Å²) in [7, 11) is 0. The van der Waals surface area contributed by atoms with Crippen molar-refractivity contribution in [2.75, 3.05) is 32.8 Å². The number of nitrogens with one attached hydrogen (secondary N) is 1. The molecule has 0 spiro atoms. The number of rotatable bonds is 16. The minimum absolute atomic E-state index is 0.179. The van der Waals surface area contributed by atoms with Crippen LogP contribution in [-0.4, -0.2) is 66.9 Å². The first-order chi connectivity index (χ1) is 22.0. The molecule has 0 aromatic rings. The average molecular weight is 645 g/mol. The number of hydrogen-bond acceptors (Lipinski definition) is 6. The summed E-state index contributed by atoms with van der Waals surface area (Å²) < 4.78 is 5.93. The molecule has 0 heterocycles. The number of carbonyl (C=O) groups excluding carboxylic acids is 2. The van der Waals surface area contributed by atoms with E-state index < -0.39 is 18.7 Å². The van der Waals surface area contributed by atoms with Crippen molar-refractivity contribution in [1.29, 1.82) is 0 Å². The van der Waals surface area contributed by atoms with E-state index in [9.17, 15) is 14.7 Å². The molecular weight excluding hydrogens is 576 g/mol. The minimum Gasteiger partial charge on any atom is -0.446 e. The molecule has 2 amide bonds. The van der Waals surface area contributed by atoms with Gasteiger partial charge in [0.15, 0.2) is 0 Å². The van der Waals surface area contributed by atoms with E-state index >= 15 is 0 Å². The second-order valence-electron chi connectivity index (χ2n) is 16.4. The predicted octanol–water partition coefficient (Wildman–Crippen LogP) is 6.40. The highest BCUT2D eigenvalue weighted by molar-refractivity contribution is 5.85. The van der Waals surface area contributed by atoms with Crippen molar-refractivity contribution < 1.29 is 19.4 Å². The normalized spacial score (nSPS) is 33.3. The second kappa shape index (κ2) is 16.6. The molecule has 0 aromatic heterocycles. The Morgan fingerprint density at radius 2 is 1.72 bits per heavy atom. The van der Waals surface area contributed by atoms with Crippen LogP contribution in [0.3, 0.4) is 0 Å². The lowest BCUT2D eigenvalue weighted by Crippen LogP contribution is -2.52. The third kappa shape index (κ3) is 8.31. The maximum atomic E-state index is 13.2. The lowest BCUT2D eigenvalue weighted by Gasteiger charge is -2.58. The largest absolute Gasteiger partial charge is 0.446 e. The Bertz CT molecular complexity index is 1030. The van der Waals surface area contributed by atoms with Crippen LogP contribution < -0.4 is 16.8 Å². The van der Waals surface area contributed by atoms with Gasteiger partial charge in [-0.25, -0.2) is 4.79 Å². The van der Waals surface area contributed by atoms with Crippen molar-refractivity contribution in [3.8, 4) is 0 Å². The van der Waals surface area contributed by atoms with Crippen molar-refractivity contribution in [2.24, 2.45) is 57.8 Å². The van der Waals surface area contributed by atoms with Crippen LogP contribution in [0.5, 0.6) is 0 Å². The maximum absolute atomic E-state index is 13.2. The number of fused-ring (bicyclic) bond motifs is 5. The monoisotopic (exact) mass is 645 g/mol. The van der Waals surface area contributed by atoms with Gasteiger partial charge in [-0.2, -0.15) is 0 Å². The van der Waals surface area contributed by atoms with Crippen LogP contribution in [-0.2, 0) is 9.53 Å². The average Bonchev–Trinajstić information content (AvgIpc) is 3.38. The molecule has 3 saturated carbocycles. The van der Waals surface area contributed by atoms with E-state index in [1.165, 1.54) is 50.5 Å². The summed E-state index contributed by atoms with van der Waals surface area (Å²) >= 11 is 0. The number of ether oxygens (including phenoxy) is 1. The summed E-state index contributed by atoms with van der Waals surface area (Å²) in [6.45, 7) is 14.0. The van der Waals surface area contributed by atoms with Gasteiger partial charge in [0.25, 0.3) is 0 Å². The van der Waals surface area contributed by atoms with Crippen LogP contribution in [0.25, 0.3) is 0 Å². The van der Waals surface area contributed by atoms with Gasteiger partial charge in [-0.3, -0.25) is 4.79 Å². The Balaban J connectivity index is 1.34. The number of nitrogens with zero attached hydrogens (tertiary/aromatic N) is 1. The molecule has 8 heteroatoms. The Hall–Kier alpha value is -1.64. The summed E-state index contributed by atoms with van der Waals surface area (Å²) in [6.07, 6.45) is 17.3. The van der Waals surface area contributed by atoms with E-state index in [1.54, 1.807) is 4.90 Å². The number of amides is 2. The maximum Gasteiger partial charge on any atom is 0.408 e. The molecule has 3 fully saturated rings. The van der Waals surface area contributed by atoms with Gasteiger partial charge < -0.3 is 31.5 Å². The molecule has 0 radical (unpaired) electrons. The number of unbranched alkanes of at least 4 members (excludes halogenated alkanes) is 1. The molecule has 0 bridgehead atoms. The number of aliphatic hydroxyl groups is 1. The Kier molecular flexibility index (Phi) is 13.5. The van der Waals surface area contributed by atoms with E-state index in [4.69, 9.17) is 16.2 Å². The van der Waals surface area contributed by atoms with Gasteiger partial charge in [0.2, 0.25) is 5.91 Å². The topological polar surface area (TPSA) is 131 Å². The highest BCUT2D eigenvalue weighted by atomic mass is 16.6. The smallest absolute Gasteiger partial charge is 0.408 e. The first-order valence-electron chi connectivity index (χ1n) is 18.9. The summed E-state index contributed by atoms with van der Waals surface area (Å²) in [5, 5.41) is 12.7. The summed E-state index contributed by atoms with van der Waals surface area (Å²) in [4.78, 5) is 27.9. The standard InChI is InChI=1S/C38H68N4O4/c1-26(2)10-8-11-27(3)31-14-15-32-30-13-12-28-24-29(16-18-37(28,4)33(30)17-19-38(31,32)5)46-36(45)41-34(25-43)35(44)42(23-9-21-40)22-7-6-20-39/h12,26-27,29-34,43H,6-11,13-25,39-40H2,1-5H3,(H,41,45). The zero-order chi connectivity index (χ0) is 33.5. The van der Waals surface area contributed by atoms with Crippen LogP contribution in [0.2, 0.25) is 0 Å². The molecule has 4 rings (SSSR count). The third-order valence-electron chi connectivity index (χ3n) is 13.1. The van der Waals surface area contributed by atoms with Crippen LogP contribution in [0.15, 0.2) is 11.6 Å². The van der Waals surface area contributed by atoms with Crippen molar-refractivity contribution in [1.82, 2.24) is 10.2 Å². The molecule has 9 unspecified atom stereocenters. The van der Waals surface area contributed by atoms with E-state index in [0.29, 0.717) is 43.9 Å². The fourth-order valence-corrected chi connectivity index (χ4v) is 10.5. The van der Waals surface area contributed by atoms with Crippen LogP contribution >= 0.6 is 0 Å². The van der Waals surface area contributed by atoms with E-state index in [1.807, 2.05) is 0 Å². The van der Waals surface area contributed by atoms with E-state index in [2.05, 4.69) is 46.0 Å².